The standard InChI is InChI=1S/C21H20N2O2/c1-22-19(14-17-8-4-2-5-9-17)16-23(12-13-24)20(21(22)25)15-18-10-6-3-7-11-18/h2-11,13-15H,12,16H2,1H3/b19-14-,20-15-. The van der Waals surface area contributed by atoms with Crippen LogP contribution in [0.5, 0.6) is 0 Å². The number of likely N-dealkylation sites (N-methyl/N-ethyl adjacent to an activating group) is 1. The Kier molecular flexibility index (Phi) is 5.09. The van der Waals surface area contributed by atoms with Crippen LogP contribution < -0.4 is 0 Å². The largest absolute Gasteiger partial charge is 0.354 e. The first kappa shape index (κ1) is 16.7. The smallest absolute Gasteiger partial charge is 0.274 e. The van der Waals surface area contributed by atoms with Crippen LogP contribution in [-0.2, 0) is 9.59 Å². The maximum atomic E-state index is 12.9. The van der Waals surface area contributed by atoms with E-state index in [1.807, 2.05) is 77.7 Å². The normalized spacial score (nSPS) is 18.0. The fourth-order valence-electron chi connectivity index (χ4n) is 2.82. The van der Waals surface area contributed by atoms with E-state index >= 15 is 0 Å². The van der Waals surface area contributed by atoms with Crippen LogP contribution in [-0.4, -0.2) is 42.1 Å². The molecular formula is C21H20N2O2. The Bertz CT molecular complexity index is 810. The molecule has 0 N–H and O–H groups in total. The van der Waals surface area contributed by atoms with Crippen molar-refractivity contribution in [1.29, 1.82) is 0 Å². The van der Waals surface area contributed by atoms with Crippen LogP contribution in [0.1, 0.15) is 11.1 Å². The molecule has 0 atom stereocenters. The number of amides is 1. The van der Waals surface area contributed by atoms with E-state index in [2.05, 4.69) is 0 Å². The number of hydrogen-bond acceptors (Lipinski definition) is 3. The van der Waals surface area contributed by atoms with Crippen molar-refractivity contribution in [3.05, 3.63) is 83.2 Å². The van der Waals surface area contributed by atoms with E-state index in [0.717, 1.165) is 23.1 Å². The van der Waals surface area contributed by atoms with E-state index in [4.69, 9.17) is 0 Å². The first-order valence-corrected chi connectivity index (χ1v) is 8.18. The molecule has 1 aliphatic rings. The highest BCUT2D eigenvalue weighted by Crippen LogP contribution is 2.24. The lowest BCUT2D eigenvalue weighted by Gasteiger charge is -2.36. The summed E-state index contributed by atoms with van der Waals surface area (Å²) in [5, 5.41) is 0. The molecule has 0 aliphatic carbocycles. The third-order valence-corrected chi connectivity index (χ3v) is 4.18. The van der Waals surface area contributed by atoms with Gasteiger partial charge in [-0.3, -0.25) is 4.79 Å². The SMILES string of the molecule is CN1C(=O)/C(=C/c2ccccc2)N(CC=O)C/C1=C/c1ccccc1. The number of carbonyl (C=O) groups is 2. The van der Waals surface area contributed by atoms with Gasteiger partial charge < -0.3 is 14.6 Å². The molecule has 1 saturated heterocycles. The quantitative estimate of drug-likeness (QED) is 0.638. The van der Waals surface area contributed by atoms with Crippen molar-refractivity contribution in [2.45, 2.75) is 0 Å². The Balaban J connectivity index is 1.95. The summed E-state index contributed by atoms with van der Waals surface area (Å²) in [6.45, 7) is 0.693. The molecule has 1 aliphatic heterocycles. The Morgan fingerprint density at radius 1 is 0.920 bits per heavy atom. The van der Waals surface area contributed by atoms with Gasteiger partial charge in [0.1, 0.15) is 12.0 Å². The van der Waals surface area contributed by atoms with Gasteiger partial charge in [-0.1, -0.05) is 60.7 Å². The summed E-state index contributed by atoms with van der Waals surface area (Å²) in [6.07, 6.45) is 4.65. The van der Waals surface area contributed by atoms with Crippen molar-refractivity contribution < 1.29 is 9.59 Å². The fourth-order valence-corrected chi connectivity index (χ4v) is 2.82. The van der Waals surface area contributed by atoms with Crippen LogP contribution >= 0.6 is 0 Å². The van der Waals surface area contributed by atoms with Gasteiger partial charge in [0.15, 0.2) is 0 Å². The Labute approximate surface area is 147 Å². The molecule has 0 spiro atoms. The summed E-state index contributed by atoms with van der Waals surface area (Å²) in [7, 11) is 1.77. The lowest BCUT2D eigenvalue weighted by Crippen LogP contribution is -2.45. The van der Waals surface area contributed by atoms with Gasteiger partial charge in [0, 0.05) is 12.7 Å². The first-order chi connectivity index (χ1) is 12.2. The van der Waals surface area contributed by atoms with Gasteiger partial charge in [0.2, 0.25) is 0 Å². The molecule has 4 nitrogen and oxygen atoms in total. The summed E-state index contributed by atoms with van der Waals surface area (Å²) >= 11 is 0. The van der Waals surface area contributed by atoms with Crippen molar-refractivity contribution in [3.63, 3.8) is 0 Å². The van der Waals surface area contributed by atoms with Gasteiger partial charge in [-0.2, -0.15) is 0 Å². The van der Waals surface area contributed by atoms with E-state index in [-0.39, 0.29) is 12.5 Å². The highest BCUT2D eigenvalue weighted by atomic mass is 16.2. The molecule has 126 valence electrons. The number of carbonyl (C=O) groups excluding carboxylic acids is 2. The van der Waals surface area contributed by atoms with Gasteiger partial charge in [-0.15, -0.1) is 0 Å². The predicted octanol–water partition coefficient (Wildman–Crippen LogP) is 3.04. The van der Waals surface area contributed by atoms with E-state index in [9.17, 15) is 9.59 Å². The van der Waals surface area contributed by atoms with Crippen molar-refractivity contribution in [2.24, 2.45) is 0 Å². The second-order valence-electron chi connectivity index (χ2n) is 5.90. The first-order valence-electron chi connectivity index (χ1n) is 8.18. The van der Waals surface area contributed by atoms with Crippen molar-refractivity contribution in [1.82, 2.24) is 9.80 Å². The summed E-state index contributed by atoms with van der Waals surface area (Å²) in [6, 6.07) is 19.5. The van der Waals surface area contributed by atoms with Gasteiger partial charge in [0.25, 0.3) is 5.91 Å². The highest BCUT2D eigenvalue weighted by molar-refractivity contribution is 6.00. The zero-order valence-corrected chi connectivity index (χ0v) is 14.1. The molecule has 25 heavy (non-hydrogen) atoms. The molecule has 2 aromatic carbocycles. The molecule has 1 fully saturated rings. The average Bonchev–Trinajstić information content (AvgIpc) is 2.64. The number of nitrogens with zero attached hydrogens (tertiary/aromatic N) is 2. The Morgan fingerprint density at radius 3 is 2.04 bits per heavy atom. The minimum absolute atomic E-state index is 0.112. The molecule has 1 amide bonds. The van der Waals surface area contributed by atoms with Crippen LogP contribution in [0, 0.1) is 0 Å². The second-order valence-corrected chi connectivity index (χ2v) is 5.90. The number of benzene rings is 2. The Hall–Kier alpha value is -3.14. The Morgan fingerprint density at radius 2 is 1.48 bits per heavy atom. The molecular weight excluding hydrogens is 312 g/mol. The minimum atomic E-state index is -0.112. The highest BCUT2D eigenvalue weighted by Gasteiger charge is 2.29. The molecule has 1 heterocycles. The molecule has 0 radical (unpaired) electrons. The fraction of sp³-hybridized carbons (Fsp3) is 0.143. The monoisotopic (exact) mass is 332 g/mol. The van der Waals surface area contributed by atoms with Crippen LogP contribution in [0.15, 0.2) is 72.1 Å². The lowest BCUT2D eigenvalue weighted by atomic mass is 10.1. The predicted molar refractivity (Wildman–Crippen MR) is 99.2 cm³/mol. The summed E-state index contributed by atoms with van der Waals surface area (Å²) in [4.78, 5) is 27.5. The second kappa shape index (κ2) is 7.62. The van der Waals surface area contributed by atoms with Gasteiger partial charge in [0.05, 0.1) is 13.1 Å². The minimum Gasteiger partial charge on any atom is -0.354 e. The number of piperazine rings is 1. The molecule has 2 aromatic rings. The van der Waals surface area contributed by atoms with E-state index in [1.165, 1.54) is 0 Å². The van der Waals surface area contributed by atoms with Crippen LogP contribution in [0.2, 0.25) is 0 Å². The molecule has 0 saturated carbocycles. The van der Waals surface area contributed by atoms with E-state index < -0.39 is 0 Å². The zero-order chi connectivity index (χ0) is 17.6. The number of rotatable bonds is 4. The molecule has 3 rings (SSSR count). The maximum Gasteiger partial charge on any atom is 0.274 e. The van der Waals surface area contributed by atoms with Gasteiger partial charge in [-0.05, 0) is 23.3 Å². The number of aldehydes is 1. The zero-order valence-electron chi connectivity index (χ0n) is 14.1. The van der Waals surface area contributed by atoms with Gasteiger partial charge in [-0.25, -0.2) is 0 Å². The van der Waals surface area contributed by atoms with Crippen LogP contribution in [0.4, 0.5) is 0 Å². The molecule has 0 aromatic heterocycles. The van der Waals surface area contributed by atoms with Crippen LogP contribution in [0.25, 0.3) is 12.2 Å². The van der Waals surface area contributed by atoms with Gasteiger partial charge >= 0.3 is 0 Å². The van der Waals surface area contributed by atoms with Crippen molar-refractivity contribution in [2.75, 3.05) is 20.1 Å². The summed E-state index contributed by atoms with van der Waals surface area (Å²) in [5.74, 6) is -0.112. The number of hydrogen-bond donors (Lipinski definition) is 0. The molecule has 4 heteroatoms. The topological polar surface area (TPSA) is 40.6 Å². The molecule has 0 bridgehead atoms. The molecule has 0 unspecified atom stereocenters. The summed E-state index contributed by atoms with van der Waals surface area (Å²) < 4.78 is 0. The maximum absolute atomic E-state index is 12.9. The van der Waals surface area contributed by atoms with Crippen molar-refractivity contribution in [3.8, 4) is 0 Å². The third kappa shape index (κ3) is 3.86. The third-order valence-electron chi connectivity index (χ3n) is 4.18. The lowest BCUT2D eigenvalue weighted by molar-refractivity contribution is -0.127. The average molecular weight is 332 g/mol. The summed E-state index contributed by atoms with van der Waals surface area (Å²) in [5.41, 5.74) is 3.36. The van der Waals surface area contributed by atoms with Crippen LogP contribution in [0.3, 0.4) is 0 Å². The van der Waals surface area contributed by atoms with Crippen molar-refractivity contribution >= 4 is 24.3 Å². The van der Waals surface area contributed by atoms with E-state index in [1.54, 1.807) is 11.9 Å². The van der Waals surface area contributed by atoms with E-state index in [0.29, 0.717) is 12.2 Å².